The summed E-state index contributed by atoms with van der Waals surface area (Å²) in [5.41, 5.74) is 1.24. The molecule has 2 heterocycles. The highest BCUT2D eigenvalue weighted by Gasteiger charge is 2.20. The summed E-state index contributed by atoms with van der Waals surface area (Å²) >= 11 is 0. The number of nitrogens with one attached hydrogen (secondary N) is 2. The van der Waals surface area contributed by atoms with E-state index in [1.165, 1.54) is 6.07 Å². The first-order chi connectivity index (χ1) is 13.6. The van der Waals surface area contributed by atoms with Gasteiger partial charge in [0.25, 0.3) is 0 Å². The van der Waals surface area contributed by atoms with Crippen LogP contribution in [0, 0.1) is 0 Å². The predicted octanol–water partition coefficient (Wildman–Crippen LogP) is 2.90. The van der Waals surface area contributed by atoms with E-state index in [0.29, 0.717) is 35.4 Å². The lowest BCUT2D eigenvalue weighted by atomic mass is 10.1. The molecule has 11 heteroatoms. The van der Waals surface area contributed by atoms with E-state index in [9.17, 15) is 8.78 Å². The second-order valence-corrected chi connectivity index (χ2v) is 5.64. The summed E-state index contributed by atoms with van der Waals surface area (Å²) in [6.07, 6.45) is 0. The van der Waals surface area contributed by atoms with Gasteiger partial charge in [0.15, 0.2) is 17.5 Å². The maximum atomic E-state index is 12.7. The maximum Gasteiger partial charge on any atom is 0.387 e. The summed E-state index contributed by atoms with van der Waals surface area (Å²) < 4.78 is 45.6. The van der Waals surface area contributed by atoms with Crippen LogP contribution in [-0.4, -0.2) is 38.5 Å². The standard InChI is InChI=1S/C18H20F2N4O4.HI/c1-21-18(23-9-12-4-3-5-16(24-12)25-2)22-8-11-6-14-15(27-10-26-14)7-13(11)28-17(19)20;/h3-7,17H,8-10H2,1-2H3,(H2,21,22,23);1H. The molecule has 3 rings (SSSR count). The van der Waals surface area contributed by atoms with E-state index in [1.54, 1.807) is 26.3 Å². The summed E-state index contributed by atoms with van der Waals surface area (Å²) in [7, 11) is 3.15. The van der Waals surface area contributed by atoms with Crippen LogP contribution in [0.15, 0.2) is 35.3 Å². The van der Waals surface area contributed by atoms with Crippen molar-refractivity contribution >= 4 is 29.9 Å². The minimum Gasteiger partial charge on any atom is -0.481 e. The average Bonchev–Trinajstić information content (AvgIpc) is 3.15. The highest BCUT2D eigenvalue weighted by atomic mass is 127. The SMILES string of the molecule is CN=C(NCc1cccc(OC)n1)NCc1cc2c(cc1OC(F)F)OCO2.I. The first-order valence-electron chi connectivity index (χ1n) is 8.41. The van der Waals surface area contributed by atoms with Crippen molar-refractivity contribution in [2.45, 2.75) is 19.7 Å². The smallest absolute Gasteiger partial charge is 0.387 e. The van der Waals surface area contributed by atoms with Gasteiger partial charge in [0.05, 0.1) is 19.3 Å². The predicted molar refractivity (Wildman–Crippen MR) is 112 cm³/mol. The maximum absolute atomic E-state index is 12.7. The first-order valence-corrected chi connectivity index (χ1v) is 8.41. The summed E-state index contributed by atoms with van der Waals surface area (Å²) in [5, 5.41) is 6.14. The Morgan fingerprint density at radius 3 is 2.62 bits per heavy atom. The Balaban J connectivity index is 0.00000300. The molecule has 1 aromatic carbocycles. The molecule has 0 aliphatic carbocycles. The van der Waals surface area contributed by atoms with Crippen LogP contribution in [0.4, 0.5) is 8.78 Å². The molecule has 2 aromatic rings. The van der Waals surface area contributed by atoms with Gasteiger partial charge in [-0.05, 0) is 12.1 Å². The molecular weight excluding hydrogens is 501 g/mol. The summed E-state index contributed by atoms with van der Waals surface area (Å²) in [5.74, 6) is 1.83. The molecule has 29 heavy (non-hydrogen) atoms. The zero-order chi connectivity index (χ0) is 19.9. The Bertz CT molecular complexity index is 855. The molecule has 1 aliphatic rings. The second kappa shape index (κ2) is 10.8. The number of methoxy groups -OCH3 is 1. The number of benzene rings is 1. The lowest BCUT2D eigenvalue weighted by Gasteiger charge is -2.15. The number of rotatable bonds is 7. The van der Waals surface area contributed by atoms with Gasteiger partial charge < -0.3 is 29.6 Å². The molecule has 0 fully saturated rings. The fraction of sp³-hybridized carbons (Fsp3) is 0.333. The number of pyridine rings is 1. The van der Waals surface area contributed by atoms with E-state index >= 15 is 0 Å². The van der Waals surface area contributed by atoms with Crippen LogP contribution in [0.25, 0.3) is 0 Å². The van der Waals surface area contributed by atoms with Gasteiger partial charge in [-0.25, -0.2) is 4.98 Å². The van der Waals surface area contributed by atoms with Crippen LogP contribution in [0.1, 0.15) is 11.3 Å². The van der Waals surface area contributed by atoms with E-state index < -0.39 is 6.61 Å². The largest absolute Gasteiger partial charge is 0.481 e. The first kappa shape index (κ1) is 22.7. The third kappa shape index (κ3) is 6.21. The number of aliphatic imine (C=N–C) groups is 1. The van der Waals surface area contributed by atoms with Crippen LogP contribution in [0.2, 0.25) is 0 Å². The van der Waals surface area contributed by atoms with Gasteiger partial charge >= 0.3 is 6.61 Å². The van der Waals surface area contributed by atoms with Gasteiger partial charge in [0.1, 0.15) is 5.75 Å². The van der Waals surface area contributed by atoms with Gasteiger partial charge in [-0.15, -0.1) is 24.0 Å². The molecule has 8 nitrogen and oxygen atoms in total. The molecular formula is C18H21F2IN4O4. The average molecular weight is 522 g/mol. The summed E-state index contributed by atoms with van der Waals surface area (Å²) in [4.78, 5) is 8.41. The zero-order valence-corrected chi connectivity index (χ0v) is 18.1. The van der Waals surface area contributed by atoms with Crippen LogP contribution >= 0.6 is 24.0 Å². The lowest BCUT2D eigenvalue weighted by molar-refractivity contribution is -0.0505. The van der Waals surface area contributed by atoms with E-state index in [4.69, 9.17) is 14.2 Å². The van der Waals surface area contributed by atoms with Crippen LogP contribution in [0.5, 0.6) is 23.1 Å². The number of alkyl halides is 2. The number of ether oxygens (including phenoxy) is 4. The Morgan fingerprint density at radius 1 is 1.21 bits per heavy atom. The molecule has 0 atom stereocenters. The monoisotopic (exact) mass is 522 g/mol. The number of guanidine groups is 1. The van der Waals surface area contributed by atoms with Gasteiger partial charge in [0, 0.05) is 31.3 Å². The number of hydrogen-bond acceptors (Lipinski definition) is 6. The van der Waals surface area contributed by atoms with Crippen LogP contribution in [-0.2, 0) is 13.1 Å². The molecule has 2 N–H and O–H groups in total. The van der Waals surface area contributed by atoms with E-state index in [1.807, 2.05) is 12.1 Å². The molecule has 0 saturated heterocycles. The lowest BCUT2D eigenvalue weighted by Crippen LogP contribution is -2.36. The molecule has 1 aliphatic heterocycles. The summed E-state index contributed by atoms with van der Waals surface area (Å²) in [6.45, 7) is -2.32. The van der Waals surface area contributed by atoms with Crippen molar-refractivity contribution in [3.63, 3.8) is 0 Å². The highest BCUT2D eigenvalue weighted by molar-refractivity contribution is 14.0. The third-order valence-electron chi connectivity index (χ3n) is 3.87. The molecule has 0 spiro atoms. The van der Waals surface area contributed by atoms with E-state index in [2.05, 4.69) is 25.3 Å². The zero-order valence-electron chi connectivity index (χ0n) is 15.8. The minimum absolute atomic E-state index is 0. The molecule has 0 saturated carbocycles. The number of halogens is 3. The van der Waals surface area contributed by atoms with E-state index in [0.717, 1.165) is 5.69 Å². The molecule has 0 bridgehead atoms. The van der Waals surface area contributed by atoms with Gasteiger partial charge in [0.2, 0.25) is 12.7 Å². The van der Waals surface area contributed by atoms with Gasteiger partial charge in [-0.1, -0.05) is 6.07 Å². The van der Waals surface area contributed by atoms with Crippen LogP contribution in [0.3, 0.4) is 0 Å². The van der Waals surface area contributed by atoms with Crippen molar-refractivity contribution in [3.8, 4) is 23.1 Å². The summed E-state index contributed by atoms with van der Waals surface area (Å²) in [6, 6.07) is 8.42. The quantitative estimate of drug-likeness (QED) is 0.329. The molecule has 158 valence electrons. The number of aromatic nitrogens is 1. The third-order valence-corrected chi connectivity index (χ3v) is 3.87. The van der Waals surface area contributed by atoms with Gasteiger partial charge in [-0.3, -0.25) is 4.99 Å². The van der Waals surface area contributed by atoms with Crippen LogP contribution < -0.4 is 29.6 Å². The molecule has 0 radical (unpaired) electrons. The number of fused-ring (bicyclic) bond motifs is 1. The minimum atomic E-state index is -2.95. The topological polar surface area (TPSA) is 86.2 Å². The van der Waals surface area contributed by atoms with Crippen molar-refractivity contribution in [2.24, 2.45) is 4.99 Å². The fourth-order valence-electron chi connectivity index (χ4n) is 2.55. The second-order valence-electron chi connectivity index (χ2n) is 5.64. The fourth-order valence-corrected chi connectivity index (χ4v) is 2.55. The molecule has 1 aromatic heterocycles. The highest BCUT2D eigenvalue weighted by Crippen LogP contribution is 2.38. The van der Waals surface area contributed by atoms with Crippen molar-refractivity contribution in [3.05, 3.63) is 41.6 Å². The number of hydrogen-bond donors (Lipinski definition) is 2. The van der Waals surface area contributed by atoms with Gasteiger partial charge in [-0.2, -0.15) is 8.78 Å². The van der Waals surface area contributed by atoms with Crippen molar-refractivity contribution in [1.29, 1.82) is 0 Å². The Hall–Kier alpha value is -2.57. The Kier molecular flexibility index (Phi) is 8.49. The molecule has 0 unspecified atom stereocenters. The van der Waals surface area contributed by atoms with Crippen molar-refractivity contribution in [2.75, 3.05) is 21.0 Å². The van der Waals surface area contributed by atoms with Crippen molar-refractivity contribution in [1.82, 2.24) is 15.6 Å². The Labute approximate surface area is 183 Å². The van der Waals surface area contributed by atoms with E-state index in [-0.39, 0.29) is 43.1 Å². The normalized spacial score (nSPS) is 12.4. The number of nitrogens with zero attached hydrogens (tertiary/aromatic N) is 2. The van der Waals surface area contributed by atoms with Crippen molar-refractivity contribution < 1.29 is 27.7 Å². The molecule has 0 amide bonds. The Morgan fingerprint density at radius 2 is 1.93 bits per heavy atom.